The summed E-state index contributed by atoms with van der Waals surface area (Å²) in [5.74, 6) is 0. The van der Waals surface area contributed by atoms with Crippen LogP contribution in [0.15, 0.2) is 11.1 Å². The summed E-state index contributed by atoms with van der Waals surface area (Å²) < 4.78 is 32.8. The Hall–Kier alpha value is 0.01000. The Morgan fingerprint density at radius 3 is 1.71 bits per heavy atom. The third kappa shape index (κ3) is 6.01. The summed E-state index contributed by atoms with van der Waals surface area (Å²) in [6, 6.07) is 0. The molecule has 0 aromatic rings. The molecule has 42 valence electrons. The molecular weight excluding hydrogens is 173 g/mol. The number of halogens is 4. The number of allylic oxidation sites excluding steroid dienone is 1. The summed E-state index contributed by atoms with van der Waals surface area (Å²) >= 11 is 2.48. The molecule has 0 N–H and O–H groups in total. The zero-order valence-electron chi connectivity index (χ0n) is 3.17. The normalized spacial score (nSPS) is 13.1. The van der Waals surface area contributed by atoms with Crippen LogP contribution in [0.5, 0.6) is 0 Å². The maximum Gasteiger partial charge on any atom is 0.410 e. The van der Waals surface area contributed by atoms with Gasteiger partial charge < -0.3 is 0 Å². The van der Waals surface area contributed by atoms with Gasteiger partial charge >= 0.3 is 6.18 Å². The van der Waals surface area contributed by atoms with Crippen LogP contribution in [0.2, 0.25) is 0 Å². The van der Waals surface area contributed by atoms with Crippen LogP contribution in [0.1, 0.15) is 0 Å². The lowest BCUT2D eigenvalue weighted by Crippen LogP contribution is -1.99. The molecule has 4 heteroatoms. The average molecular weight is 175 g/mol. The van der Waals surface area contributed by atoms with Gasteiger partial charge in [-0.05, 0) is 4.99 Å². The molecule has 0 bridgehead atoms. The smallest absolute Gasteiger partial charge is 0.167 e. The Bertz CT molecular complexity index is 72.7. The third-order valence-electron chi connectivity index (χ3n) is 0.252. The van der Waals surface area contributed by atoms with Gasteiger partial charge in [-0.25, -0.2) is 0 Å². The van der Waals surface area contributed by atoms with Gasteiger partial charge in [0.2, 0.25) is 0 Å². The fourth-order valence-electron chi connectivity index (χ4n) is 0.0714. The van der Waals surface area contributed by atoms with Gasteiger partial charge in [0.1, 0.15) is 0 Å². The van der Waals surface area contributed by atoms with Gasteiger partial charge in [-0.3, -0.25) is 0 Å². The van der Waals surface area contributed by atoms with E-state index in [0.717, 1.165) is 4.99 Å². The monoisotopic (exact) mass is 174 g/mol. The largest absolute Gasteiger partial charge is 0.410 e. The first-order valence-corrected chi connectivity index (χ1v) is 2.32. The second kappa shape index (κ2) is 2.35. The van der Waals surface area contributed by atoms with E-state index in [0.29, 0.717) is 0 Å². The highest BCUT2D eigenvalue weighted by Crippen LogP contribution is 2.16. The van der Waals surface area contributed by atoms with Crippen molar-refractivity contribution < 1.29 is 13.2 Å². The van der Waals surface area contributed by atoms with Crippen molar-refractivity contribution in [3.8, 4) is 0 Å². The van der Waals surface area contributed by atoms with E-state index in [1.807, 2.05) is 0 Å². The summed E-state index contributed by atoms with van der Waals surface area (Å²) in [4.78, 5) is 0.771. The highest BCUT2D eigenvalue weighted by Gasteiger charge is 2.21. The van der Waals surface area contributed by atoms with Gasteiger partial charge in [-0.1, -0.05) is 15.9 Å². The van der Waals surface area contributed by atoms with E-state index in [1.165, 1.54) is 0 Å². The molecule has 7 heavy (non-hydrogen) atoms. The van der Waals surface area contributed by atoms with Gasteiger partial charge in [0.15, 0.2) is 0 Å². The number of rotatable bonds is 0. The van der Waals surface area contributed by atoms with Crippen LogP contribution in [0.4, 0.5) is 13.2 Å². The molecule has 0 fully saturated rings. The lowest BCUT2D eigenvalue weighted by molar-refractivity contribution is -0.0796. The van der Waals surface area contributed by atoms with E-state index in [-0.39, 0.29) is 6.08 Å². The molecular formula is C3H2BrF3. The molecule has 0 aromatic heterocycles. The zero-order valence-corrected chi connectivity index (χ0v) is 4.75. The van der Waals surface area contributed by atoms with Crippen molar-refractivity contribution in [2.24, 2.45) is 0 Å². The minimum absolute atomic E-state index is 0.104. The van der Waals surface area contributed by atoms with Crippen molar-refractivity contribution in [3.05, 3.63) is 11.1 Å². The predicted octanol–water partition coefficient (Wildman–Crippen LogP) is 2.46. The quantitative estimate of drug-likeness (QED) is 0.530. The first kappa shape index (κ1) is 7.01. The molecule has 0 aromatic carbocycles. The van der Waals surface area contributed by atoms with E-state index in [2.05, 4.69) is 15.9 Å². The molecule has 0 rings (SSSR count). The maximum atomic E-state index is 10.9. The van der Waals surface area contributed by atoms with Crippen LogP contribution >= 0.6 is 15.9 Å². The minimum Gasteiger partial charge on any atom is -0.167 e. The number of hydrogen-bond acceptors (Lipinski definition) is 0. The standard InChI is InChI=1S/C3H2BrF3/c4-2-1-3(5,6)7/h1-2H/b2-1-. The second-order valence-corrected chi connectivity index (χ2v) is 1.36. The van der Waals surface area contributed by atoms with Crippen molar-refractivity contribution >= 4 is 15.9 Å². The van der Waals surface area contributed by atoms with Gasteiger partial charge in [-0.15, -0.1) is 0 Å². The molecule has 0 aliphatic rings. The highest BCUT2D eigenvalue weighted by molar-refractivity contribution is 9.11. The highest BCUT2D eigenvalue weighted by atomic mass is 79.9. The first-order valence-electron chi connectivity index (χ1n) is 1.41. The van der Waals surface area contributed by atoms with E-state index >= 15 is 0 Å². The van der Waals surface area contributed by atoms with Gasteiger partial charge in [0, 0.05) is 6.08 Å². The molecule has 0 atom stereocenters. The van der Waals surface area contributed by atoms with E-state index < -0.39 is 6.18 Å². The van der Waals surface area contributed by atoms with Crippen molar-refractivity contribution in [2.75, 3.05) is 0 Å². The Kier molecular flexibility index (Phi) is 2.35. The van der Waals surface area contributed by atoms with Crippen LogP contribution in [0, 0.1) is 0 Å². The van der Waals surface area contributed by atoms with Crippen LogP contribution < -0.4 is 0 Å². The van der Waals surface area contributed by atoms with E-state index in [1.54, 1.807) is 0 Å². The fraction of sp³-hybridized carbons (Fsp3) is 0.333. The number of alkyl halides is 3. The van der Waals surface area contributed by atoms with E-state index in [4.69, 9.17) is 0 Å². The van der Waals surface area contributed by atoms with Gasteiger partial charge in [-0.2, -0.15) is 13.2 Å². The lowest BCUT2D eigenvalue weighted by atomic mass is 10.6. The maximum absolute atomic E-state index is 10.9. The molecule has 0 saturated heterocycles. The number of hydrogen-bond donors (Lipinski definition) is 0. The Morgan fingerprint density at radius 1 is 1.29 bits per heavy atom. The van der Waals surface area contributed by atoms with Crippen molar-refractivity contribution in [2.45, 2.75) is 6.18 Å². The molecule has 0 spiro atoms. The molecule has 0 unspecified atom stereocenters. The van der Waals surface area contributed by atoms with Crippen LogP contribution in [0.3, 0.4) is 0 Å². The van der Waals surface area contributed by atoms with Gasteiger partial charge in [0.25, 0.3) is 0 Å². The summed E-state index contributed by atoms with van der Waals surface area (Å²) in [5.41, 5.74) is 0. The van der Waals surface area contributed by atoms with E-state index in [9.17, 15) is 13.2 Å². The molecule has 0 amide bonds. The minimum atomic E-state index is -4.18. The van der Waals surface area contributed by atoms with Crippen LogP contribution in [0.25, 0.3) is 0 Å². The molecule has 0 saturated carbocycles. The fourth-order valence-corrected chi connectivity index (χ4v) is 0.371. The topological polar surface area (TPSA) is 0 Å². The molecule has 0 radical (unpaired) electrons. The Balaban J connectivity index is 3.56. The molecule has 0 aliphatic carbocycles. The van der Waals surface area contributed by atoms with Crippen molar-refractivity contribution in [1.29, 1.82) is 0 Å². The Labute approximate surface area is 47.1 Å². The average Bonchev–Trinajstić information content (AvgIpc) is 1.30. The summed E-state index contributed by atoms with van der Waals surface area (Å²) in [5, 5.41) is 0. The van der Waals surface area contributed by atoms with Crippen molar-refractivity contribution in [3.63, 3.8) is 0 Å². The lowest BCUT2D eigenvalue weighted by Gasteiger charge is -1.92. The third-order valence-corrected chi connectivity index (χ3v) is 0.516. The van der Waals surface area contributed by atoms with Crippen LogP contribution in [-0.4, -0.2) is 6.18 Å². The van der Waals surface area contributed by atoms with Crippen molar-refractivity contribution in [1.82, 2.24) is 0 Å². The molecule has 0 nitrogen and oxygen atoms in total. The molecule has 0 heterocycles. The zero-order chi connectivity index (χ0) is 5.91. The van der Waals surface area contributed by atoms with Crippen LogP contribution in [-0.2, 0) is 0 Å². The second-order valence-electron chi connectivity index (χ2n) is 0.834. The summed E-state index contributed by atoms with van der Waals surface area (Å²) in [6.45, 7) is 0. The summed E-state index contributed by atoms with van der Waals surface area (Å²) in [6.07, 6.45) is -4.07. The first-order chi connectivity index (χ1) is 3.06. The molecule has 0 aliphatic heterocycles. The summed E-state index contributed by atoms with van der Waals surface area (Å²) in [7, 11) is 0. The predicted molar refractivity (Wildman–Crippen MR) is 24.1 cm³/mol. The Morgan fingerprint density at radius 2 is 1.71 bits per heavy atom. The van der Waals surface area contributed by atoms with Gasteiger partial charge in [0.05, 0.1) is 0 Å². The SMILES string of the molecule is FC(F)(F)/C=C\Br.